The lowest BCUT2D eigenvalue weighted by atomic mass is 10.4. The number of halogens is 1. The molecule has 1 aromatic heterocycles. The van der Waals surface area contributed by atoms with Gasteiger partial charge in [-0.05, 0) is 0 Å². The molecule has 0 radical (unpaired) electrons. The summed E-state index contributed by atoms with van der Waals surface area (Å²) >= 11 is 3.82. The molecule has 72 valence electrons. The second-order valence-electron chi connectivity index (χ2n) is 2.83. The third-order valence-corrected chi connectivity index (χ3v) is 3.22. The van der Waals surface area contributed by atoms with Crippen LogP contribution in [0.3, 0.4) is 0 Å². The van der Waals surface area contributed by atoms with E-state index in [9.17, 15) is 4.79 Å². The maximum atomic E-state index is 11.3. The van der Waals surface area contributed by atoms with Gasteiger partial charge in [0.1, 0.15) is 5.01 Å². The molecule has 5 heteroatoms. The molecular formula is C8H11IN2OS. The normalized spacial score (nSPS) is 10.1. The van der Waals surface area contributed by atoms with Crippen LogP contribution in [0.15, 0.2) is 5.38 Å². The summed E-state index contributed by atoms with van der Waals surface area (Å²) in [5.41, 5.74) is 1.06. The highest BCUT2D eigenvalue weighted by Crippen LogP contribution is 2.13. The monoisotopic (exact) mass is 310 g/mol. The molecule has 1 aromatic rings. The first kappa shape index (κ1) is 10.9. The van der Waals surface area contributed by atoms with Crippen LogP contribution in [0, 0.1) is 0 Å². The first-order valence-electron chi connectivity index (χ1n) is 3.83. The van der Waals surface area contributed by atoms with Crippen LogP contribution in [0.5, 0.6) is 0 Å². The van der Waals surface area contributed by atoms with Gasteiger partial charge in [0.2, 0.25) is 5.91 Å². The number of likely N-dealkylation sites (N-methyl/N-ethyl adjacent to an activating group) is 1. The van der Waals surface area contributed by atoms with Crippen molar-refractivity contribution in [2.45, 2.75) is 10.8 Å². The van der Waals surface area contributed by atoms with Crippen molar-refractivity contribution in [1.82, 2.24) is 9.88 Å². The van der Waals surface area contributed by atoms with Gasteiger partial charge in [-0.3, -0.25) is 4.79 Å². The fourth-order valence-electron chi connectivity index (χ4n) is 0.779. The number of rotatable bonds is 3. The highest BCUT2D eigenvalue weighted by Gasteiger charge is 2.08. The van der Waals surface area contributed by atoms with E-state index in [0.717, 1.165) is 15.1 Å². The van der Waals surface area contributed by atoms with E-state index in [2.05, 4.69) is 27.6 Å². The zero-order valence-corrected chi connectivity index (χ0v) is 10.6. The summed E-state index contributed by atoms with van der Waals surface area (Å²) in [6.45, 7) is 0. The average molecular weight is 310 g/mol. The number of carbonyl (C=O) groups excluding carboxylic acids is 1. The van der Waals surface area contributed by atoms with Crippen molar-refractivity contribution in [1.29, 1.82) is 0 Å². The van der Waals surface area contributed by atoms with Crippen LogP contribution in [-0.2, 0) is 15.6 Å². The molecule has 0 aromatic carbocycles. The minimum absolute atomic E-state index is 0.106. The molecule has 0 aliphatic rings. The number of amides is 1. The van der Waals surface area contributed by atoms with E-state index in [4.69, 9.17) is 0 Å². The van der Waals surface area contributed by atoms with Crippen molar-refractivity contribution >= 4 is 39.8 Å². The Hall–Kier alpha value is -0.170. The lowest BCUT2D eigenvalue weighted by Gasteiger charge is -2.07. The van der Waals surface area contributed by atoms with Gasteiger partial charge in [0, 0.05) is 23.9 Å². The number of aromatic nitrogens is 1. The summed E-state index contributed by atoms with van der Waals surface area (Å²) in [5.74, 6) is 0.106. The van der Waals surface area contributed by atoms with Gasteiger partial charge < -0.3 is 4.90 Å². The summed E-state index contributed by atoms with van der Waals surface area (Å²) < 4.78 is 0.907. The van der Waals surface area contributed by atoms with E-state index in [1.54, 1.807) is 30.3 Å². The molecule has 0 saturated carbocycles. The number of thiazole rings is 1. The Labute approximate surface area is 95.3 Å². The van der Waals surface area contributed by atoms with Crippen molar-refractivity contribution < 1.29 is 4.79 Å². The SMILES string of the molecule is CN(C)C(=O)Cc1nc(CI)cs1. The maximum Gasteiger partial charge on any atom is 0.228 e. The zero-order chi connectivity index (χ0) is 9.84. The largest absolute Gasteiger partial charge is 0.348 e. The van der Waals surface area contributed by atoms with Gasteiger partial charge in [-0.15, -0.1) is 11.3 Å². The Kier molecular flexibility index (Phi) is 4.11. The van der Waals surface area contributed by atoms with Gasteiger partial charge >= 0.3 is 0 Å². The summed E-state index contributed by atoms with van der Waals surface area (Å²) in [7, 11) is 3.52. The molecule has 0 unspecified atom stereocenters. The maximum absolute atomic E-state index is 11.3. The lowest BCUT2D eigenvalue weighted by Crippen LogP contribution is -2.23. The van der Waals surface area contributed by atoms with Crippen LogP contribution >= 0.6 is 33.9 Å². The second kappa shape index (κ2) is 4.90. The van der Waals surface area contributed by atoms with Crippen molar-refractivity contribution in [2.75, 3.05) is 14.1 Å². The summed E-state index contributed by atoms with van der Waals surface area (Å²) in [4.78, 5) is 17.2. The van der Waals surface area contributed by atoms with Gasteiger partial charge in [-0.2, -0.15) is 0 Å². The van der Waals surface area contributed by atoms with Crippen molar-refractivity contribution in [2.24, 2.45) is 0 Å². The Balaban J connectivity index is 2.59. The Morgan fingerprint density at radius 1 is 1.69 bits per heavy atom. The molecule has 0 spiro atoms. The first-order chi connectivity index (χ1) is 6.13. The topological polar surface area (TPSA) is 33.2 Å². The van der Waals surface area contributed by atoms with E-state index < -0.39 is 0 Å². The highest BCUT2D eigenvalue weighted by molar-refractivity contribution is 14.1. The third-order valence-electron chi connectivity index (χ3n) is 1.54. The molecule has 0 atom stereocenters. The third kappa shape index (κ3) is 3.22. The second-order valence-corrected chi connectivity index (χ2v) is 4.54. The van der Waals surface area contributed by atoms with Crippen molar-refractivity contribution in [3.05, 3.63) is 16.1 Å². The van der Waals surface area contributed by atoms with E-state index in [1.165, 1.54) is 0 Å². The minimum atomic E-state index is 0.106. The highest BCUT2D eigenvalue weighted by atomic mass is 127. The van der Waals surface area contributed by atoms with Gasteiger partial charge in [0.25, 0.3) is 0 Å². The fraction of sp³-hybridized carbons (Fsp3) is 0.500. The lowest BCUT2D eigenvalue weighted by molar-refractivity contribution is -0.127. The van der Waals surface area contributed by atoms with Crippen LogP contribution in [-0.4, -0.2) is 29.9 Å². The minimum Gasteiger partial charge on any atom is -0.348 e. The summed E-state index contributed by atoms with van der Waals surface area (Å²) in [6, 6.07) is 0. The van der Waals surface area contributed by atoms with Crippen LogP contribution in [0.25, 0.3) is 0 Å². The predicted octanol–water partition coefficient (Wildman–Crippen LogP) is 1.71. The molecule has 1 heterocycles. The molecule has 0 saturated heterocycles. The van der Waals surface area contributed by atoms with E-state index in [1.807, 2.05) is 5.38 Å². The van der Waals surface area contributed by atoms with Gasteiger partial charge in [-0.25, -0.2) is 4.98 Å². The van der Waals surface area contributed by atoms with Crippen LogP contribution < -0.4 is 0 Å². The summed E-state index contributed by atoms with van der Waals surface area (Å²) in [6.07, 6.45) is 0.425. The van der Waals surface area contributed by atoms with E-state index in [0.29, 0.717) is 6.42 Å². The van der Waals surface area contributed by atoms with Gasteiger partial charge in [-0.1, -0.05) is 22.6 Å². The number of alkyl halides is 1. The quantitative estimate of drug-likeness (QED) is 0.629. The number of hydrogen-bond acceptors (Lipinski definition) is 3. The molecule has 0 aliphatic carbocycles. The van der Waals surface area contributed by atoms with Gasteiger partial charge in [0.05, 0.1) is 12.1 Å². The number of carbonyl (C=O) groups is 1. The van der Waals surface area contributed by atoms with E-state index in [-0.39, 0.29) is 5.91 Å². The molecule has 0 aliphatic heterocycles. The molecule has 1 amide bonds. The average Bonchev–Trinajstić information content (AvgIpc) is 2.52. The van der Waals surface area contributed by atoms with Crippen LogP contribution in [0.1, 0.15) is 10.7 Å². The molecule has 0 N–H and O–H groups in total. The Bertz CT molecular complexity index is 298. The van der Waals surface area contributed by atoms with Crippen molar-refractivity contribution in [3.8, 4) is 0 Å². The fourth-order valence-corrected chi connectivity index (χ4v) is 2.25. The van der Waals surface area contributed by atoms with Gasteiger partial charge in [0.15, 0.2) is 0 Å². The number of nitrogens with zero attached hydrogens (tertiary/aromatic N) is 2. The summed E-state index contributed by atoms with van der Waals surface area (Å²) in [5, 5.41) is 2.91. The Morgan fingerprint density at radius 2 is 2.38 bits per heavy atom. The van der Waals surface area contributed by atoms with Crippen LogP contribution in [0.4, 0.5) is 0 Å². The van der Waals surface area contributed by atoms with E-state index >= 15 is 0 Å². The molecular weight excluding hydrogens is 299 g/mol. The molecule has 0 fully saturated rings. The zero-order valence-electron chi connectivity index (χ0n) is 7.58. The molecule has 1 rings (SSSR count). The standard InChI is InChI=1S/C8H11IN2OS/c1-11(2)8(12)3-7-10-6(4-9)5-13-7/h5H,3-4H2,1-2H3. The molecule has 0 bridgehead atoms. The predicted molar refractivity (Wildman–Crippen MR) is 62.2 cm³/mol. The Morgan fingerprint density at radius 3 is 2.85 bits per heavy atom. The molecule has 13 heavy (non-hydrogen) atoms. The molecule has 3 nitrogen and oxygen atoms in total. The number of hydrogen-bond donors (Lipinski definition) is 0. The smallest absolute Gasteiger partial charge is 0.228 e. The first-order valence-corrected chi connectivity index (χ1v) is 6.23. The van der Waals surface area contributed by atoms with Crippen LogP contribution in [0.2, 0.25) is 0 Å². The van der Waals surface area contributed by atoms with Crippen molar-refractivity contribution in [3.63, 3.8) is 0 Å².